The monoisotopic (exact) mass is 431 g/mol. The molecule has 1 aromatic carbocycles. The van der Waals surface area contributed by atoms with Gasteiger partial charge in [-0.2, -0.15) is 4.98 Å². The summed E-state index contributed by atoms with van der Waals surface area (Å²) in [6.45, 7) is 5.68. The van der Waals surface area contributed by atoms with E-state index in [9.17, 15) is 14.7 Å². The standard InChI is InChI=1S/C21H22ClN3O5/c1-11(2)14-6-5-13(22)7-15(14)16-8-20(26)25(10-18(16)29-4)17(21(27)28)9-19-23-12(3)30-24-19/h5-8,10-11,17H,9H2,1-4H3,(H,27,28). The van der Waals surface area contributed by atoms with Gasteiger partial charge in [-0.1, -0.05) is 36.7 Å². The van der Waals surface area contributed by atoms with Crippen molar-refractivity contribution in [2.75, 3.05) is 7.11 Å². The summed E-state index contributed by atoms with van der Waals surface area (Å²) in [5.41, 5.74) is 1.81. The average Bonchev–Trinajstić information content (AvgIpc) is 3.10. The summed E-state index contributed by atoms with van der Waals surface area (Å²) in [7, 11) is 1.46. The highest BCUT2D eigenvalue weighted by molar-refractivity contribution is 6.30. The molecule has 1 atom stereocenters. The van der Waals surface area contributed by atoms with E-state index in [-0.39, 0.29) is 18.2 Å². The van der Waals surface area contributed by atoms with Gasteiger partial charge in [-0.05, 0) is 29.2 Å². The fourth-order valence-electron chi connectivity index (χ4n) is 3.31. The summed E-state index contributed by atoms with van der Waals surface area (Å²) in [6, 6.07) is 5.62. The number of rotatable bonds is 7. The maximum absolute atomic E-state index is 12.9. The molecular weight excluding hydrogens is 410 g/mol. The molecule has 0 aliphatic carbocycles. The van der Waals surface area contributed by atoms with Crippen LogP contribution in [0.2, 0.25) is 5.02 Å². The first kappa shape index (κ1) is 21.6. The summed E-state index contributed by atoms with van der Waals surface area (Å²) in [5, 5.41) is 14.0. The molecule has 0 saturated heterocycles. The second kappa shape index (κ2) is 8.71. The van der Waals surface area contributed by atoms with Gasteiger partial charge in [-0.15, -0.1) is 0 Å². The third-order valence-electron chi connectivity index (χ3n) is 4.76. The average molecular weight is 432 g/mol. The zero-order valence-electron chi connectivity index (χ0n) is 17.0. The van der Waals surface area contributed by atoms with E-state index in [2.05, 4.69) is 10.1 Å². The molecule has 0 bridgehead atoms. The Hall–Kier alpha value is -3.13. The van der Waals surface area contributed by atoms with E-state index in [1.54, 1.807) is 19.1 Å². The van der Waals surface area contributed by atoms with Crippen molar-refractivity contribution >= 4 is 17.6 Å². The second-order valence-electron chi connectivity index (χ2n) is 7.18. The third kappa shape index (κ3) is 4.38. The number of ether oxygens (including phenoxy) is 1. The quantitative estimate of drug-likeness (QED) is 0.605. The lowest BCUT2D eigenvalue weighted by molar-refractivity contribution is -0.141. The maximum Gasteiger partial charge on any atom is 0.327 e. The summed E-state index contributed by atoms with van der Waals surface area (Å²) in [5.74, 6) is -0.143. The van der Waals surface area contributed by atoms with Crippen LogP contribution in [0.1, 0.15) is 43.1 Å². The minimum atomic E-state index is -1.22. The first-order valence-corrected chi connectivity index (χ1v) is 9.71. The molecule has 8 nitrogen and oxygen atoms in total. The van der Waals surface area contributed by atoms with E-state index >= 15 is 0 Å². The largest absolute Gasteiger partial charge is 0.495 e. The lowest BCUT2D eigenvalue weighted by atomic mass is 9.92. The second-order valence-corrected chi connectivity index (χ2v) is 7.61. The van der Waals surface area contributed by atoms with Crippen LogP contribution >= 0.6 is 11.6 Å². The van der Waals surface area contributed by atoms with Gasteiger partial charge >= 0.3 is 5.97 Å². The smallest absolute Gasteiger partial charge is 0.327 e. The molecule has 1 unspecified atom stereocenters. The Morgan fingerprint density at radius 2 is 2.03 bits per heavy atom. The number of nitrogens with zero attached hydrogens (tertiary/aromatic N) is 3. The molecule has 1 N–H and O–H groups in total. The van der Waals surface area contributed by atoms with Crippen LogP contribution in [-0.4, -0.2) is 32.9 Å². The van der Waals surface area contributed by atoms with Crippen LogP contribution in [0.3, 0.4) is 0 Å². The van der Waals surface area contributed by atoms with Gasteiger partial charge in [0.15, 0.2) is 5.82 Å². The molecule has 30 heavy (non-hydrogen) atoms. The van der Waals surface area contributed by atoms with Gasteiger partial charge in [-0.25, -0.2) is 4.79 Å². The summed E-state index contributed by atoms with van der Waals surface area (Å²) < 4.78 is 11.5. The number of aromatic nitrogens is 3. The number of aryl methyl sites for hydroxylation is 1. The molecule has 3 aromatic rings. The van der Waals surface area contributed by atoms with Gasteiger partial charge in [0.1, 0.15) is 11.8 Å². The molecule has 0 saturated carbocycles. The number of carboxylic acid groups (broad SMARTS) is 1. The van der Waals surface area contributed by atoms with Crippen LogP contribution in [0.15, 0.2) is 39.8 Å². The fourth-order valence-corrected chi connectivity index (χ4v) is 3.48. The maximum atomic E-state index is 12.9. The highest BCUT2D eigenvalue weighted by atomic mass is 35.5. The van der Waals surface area contributed by atoms with Crippen LogP contribution in [0.25, 0.3) is 11.1 Å². The van der Waals surface area contributed by atoms with E-state index in [1.165, 1.54) is 19.4 Å². The number of methoxy groups -OCH3 is 1. The molecule has 0 radical (unpaired) electrons. The third-order valence-corrected chi connectivity index (χ3v) is 4.99. The Bertz CT molecular complexity index is 1140. The highest BCUT2D eigenvalue weighted by Gasteiger charge is 2.26. The number of carboxylic acids is 1. The van der Waals surface area contributed by atoms with Gasteiger partial charge in [-0.3, -0.25) is 9.36 Å². The van der Waals surface area contributed by atoms with Crippen molar-refractivity contribution in [3.05, 3.63) is 63.1 Å². The van der Waals surface area contributed by atoms with Crippen LogP contribution in [0.5, 0.6) is 5.75 Å². The van der Waals surface area contributed by atoms with Crippen LogP contribution in [0, 0.1) is 6.92 Å². The van der Waals surface area contributed by atoms with Crippen molar-refractivity contribution in [1.29, 1.82) is 0 Å². The van der Waals surface area contributed by atoms with Crippen molar-refractivity contribution in [3.63, 3.8) is 0 Å². The first-order chi connectivity index (χ1) is 14.2. The fraction of sp³-hybridized carbons (Fsp3) is 0.333. The van der Waals surface area contributed by atoms with E-state index in [0.29, 0.717) is 22.2 Å². The molecule has 0 fully saturated rings. The van der Waals surface area contributed by atoms with Crippen LogP contribution < -0.4 is 10.3 Å². The topological polar surface area (TPSA) is 107 Å². The predicted octanol–water partition coefficient (Wildman–Crippen LogP) is 3.86. The summed E-state index contributed by atoms with van der Waals surface area (Å²) in [6.07, 6.45) is 1.29. The Balaban J connectivity index is 2.13. The molecule has 0 spiro atoms. The number of hydrogen-bond acceptors (Lipinski definition) is 6. The minimum absolute atomic E-state index is 0.108. The first-order valence-electron chi connectivity index (χ1n) is 9.33. The Morgan fingerprint density at radius 1 is 1.30 bits per heavy atom. The summed E-state index contributed by atoms with van der Waals surface area (Å²) >= 11 is 6.20. The van der Waals surface area contributed by atoms with Gasteiger partial charge < -0.3 is 14.4 Å². The van der Waals surface area contributed by atoms with Crippen molar-refractivity contribution in [1.82, 2.24) is 14.7 Å². The van der Waals surface area contributed by atoms with E-state index < -0.39 is 17.6 Å². The summed E-state index contributed by atoms with van der Waals surface area (Å²) in [4.78, 5) is 28.9. The Labute approximate surface area is 178 Å². The highest BCUT2D eigenvalue weighted by Crippen LogP contribution is 2.36. The number of carbonyl (C=O) groups is 1. The van der Waals surface area contributed by atoms with Crippen molar-refractivity contribution < 1.29 is 19.2 Å². The molecule has 0 aliphatic heterocycles. The van der Waals surface area contributed by atoms with Gasteiger partial charge in [0.05, 0.1) is 13.3 Å². The lowest BCUT2D eigenvalue weighted by Crippen LogP contribution is -2.31. The zero-order valence-corrected chi connectivity index (χ0v) is 17.8. The normalized spacial score (nSPS) is 12.2. The number of hydrogen-bond donors (Lipinski definition) is 1. The van der Waals surface area contributed by atoms with E-state index in [1.807, 2.05) is 19.9 Å². The molecule has 3 rings (SSSR count). The molecule has 2 heterocycles. The Kier molecular flexibility index (Phi) is 6.26. The van der Waals surface area contributed by atoms with Gasteiger partial charge in [0.2, 0.25) is 5.89 Å². The van der Waals surface area contributed by atoms with Crippen LogP contribution in [0.4, 0.5) is 0 Å². The van der Waals surface area contributed by atoms with Gasteiger partial charge in [0, 0.05) is 30.0 Å². The number of aliphatic carboxylic acids is 1. The number of pyridine rings is 1. The van der Waals surface area contributed by atoms with E-state index in [0.717, 1.165) is 15.7 Å². The predicted molar refractivity (Wildman–Crippen MR) is 111 cm³/mol. The van der Waals surface area contributed by atoms with Crippen LogP contribution in [-0.2, 0) is 11.2 Å². The van der Waals surface area contributed by atoms with Crippen molar-refractivity contribution in [2.24, 2.45) is 0 Å². The Morgan fingerprint density at radius 3 is 2.60 bits per heavy atom. The lowest BCUT2D eigenvalue weighted by Gasteiger charge is -2.19. The van der Waals surface area contributed by atoms with Crippen molar-refractivity contribution in [3.8, 4) is 16.9 Å². The molecule has 9 heteroatoms. The molecule has 158 valence electrons. The number of halogens is 1. The molecule has 0 aliphatic rings. The minimum Gasteiger partial charge on any atom is -0.495 e. The molecule has 2 aromatic heterocycles. The van der Waals surface area contributed by atoms with E-state index in [4.69, 9.17) is 20.9 Å². The van der Waals surface area contributed by atoms with Gasteiger partial charge in [0.25, 0.3) is 5.56 Å². The van der Waals surface area contributed by atoms with Crippen molar-refractivity contribution in [2.45, 2.75) is 39.2 Å². The zero-order chi connectivity index (χ0) is 22.0. The molecular formula is C21H22ClN3O5. The number of benzene rings is 1. The molecule has 0 amide bonds. The SMILES string of the molecule is COc1cn(C(Cc2noc(C)n2)C(=O)O)c(=O)cc1-c1cc(Cl)ccc1C(C)C.